The van der Waals surface area contributed by atoms with E-state index >= 15 is 0 Å². The van der Waals surface area contributed by atoms with Gasteiger partial charge in [-0.3, -0.25) is 9.36 Å². The van der Waals surface area contributed by atoms with Crippen LogP contribution >= 0.6 is 0 Å². The number of para-hydroxylation sites is 1. The Morgan fingerprint density at radius 3 is 2.40 bits per heavy atom. The number of rotatable bonds is 6. The third kappa shape index (κ3) is 4.83. The van der Waals surface area contributed by atoms with Crippen molar-refractivity contribution < 1.29 is 4.79 Å². The summed E-state index contributed by atoms with van der Waals surface area (Å²) in [6.07, 6.45) is 1.53. The van der Waals surface area contributed by atoms with E-state index in [0.29, 0.717) is 23.1 Å². The largest absolute Gasteiger partial charge is 0.322 e. The van der Waals surface area contributed by atoms with Gasteiger partial charge in [-0.05, 0) is 68.1 Å². The van der Waals surface area contributed by atoms with E-state index < -0.39 is 6.04 Å². The Kier molecular flexibility index (Phi) is 7.01. The monoisotopic (exact) mass is 468 g/mol. The molecule has 0 saturated carbocycles. The van der Waals surface area contributed by atoms with E-state index in [1.807, 2.05) is 75.4 Å². The van der Waals surface area contributed by atoms with Crippen molar-refractivity contribution in [2.75, 3.05) is 12.4 Å². The lowest BCUT2D eigenvalue weighted by molar-refractivity contribution is 0.199. The van der Waals surface area contributed by atoms with Crippen LogP contribution in [0.25, 0.3) is 16.6 Å². The van der Waals surface area contributed by atoms with Crippen molar-refractivity contribution >= 4 is 22.6 Å². The van der Waals surface area contributed by atoms with Gasteiger partial charge in [-0.1, -0.05) is 55.8 Å². The Labute approximate surface area is 206 Å². The summed E-state index contributed by atoms with van der Waals surface area (Å²) in [7, 11) is 1.75. The van der Waals surface area contributed by atoms with Gasteiger partial charge in [-0.15, -0.1) is 0 Å². The molecule has 2 amide bonds. The molecular weight excluding hydrogens is 436 g/mol. The lowest BCUT2D eigenvalue weighted by atomic mass is 10.1. The zero-order valence-electron chi connectivity index (χ0n) is 21.0. The minimum absolute atomic E-state index is 0.139. The molecule has 1 atom stereocenters. The molecule has 3 aromatic carbocycles. The Morgan fingerprint density at radius 2 is 1.74 bits per heavy atom. The number of anilines is 1. The zero-order valence-corrected chi connectivity index (χ0v) is 21.0. The van der Waals surface area contributed by atoms with Crippen LogP contribution in [0.5, 0.6) is 0 Å². The highest BCUT2D eigenvalue weighted by atomic mass is 16.2. The highest BCUT2D eigenvalue weighted by Gasteiger charge is 2.27. The van der Waals surface area contributed by atoms with Gasteiger partial charge >= 0.3 is 6.03 Å². The first-order valence-electron chi connectivity index (χ1n) is 12.1. The fraction of sp³-hybridized carbons (Fsp3) is 0.276. The lowest BCUT2D eigenvalue weighted by Gasteiger charge is -2.29. The van der Waals surface area contributed by atoms with E-state index in [-0.39, 0.29) is 11.6 Å². The third-order valence-corrected chi connectivity index (χ3v) is 6.48. The molecule has 1 heterocycles. The summed E-state index contributed by atoms with van der Waals surface area (Å²) < 4.78 is 1.67. The van der Waals surface area contributed by atoms with Crippen molar-refractivity contribution in [2.45, 2.75) is 46.6 Å². The van der Waals surface area contributed by atoms with E-state index in [4.69, 9.17) is 4.98 Å². The molecule has 35 heavy (non-hydrogen) atoms. The third-order valence-electron chi connectivity index (χ3n) is 6.48. The number of aryl methyl sites for hydroxylation is 3. The summed E-state index contributed by atoms with van der Waals surface area (Å²) in [5.74, 6) is 0.544. The van der Waals surface area contributed by atoms with Crippen molar-refractivity contribution in [3.63, 3.8) is 0 Å². The lowest BCUT2D eigenvalue weighted by Crippen LogP contribution is -2.38. The molecule has 6 nitrogen and oxygen atoms in total. The van der Waals surface area contributed by atoms with Crippen LogP contribution in [0, 0.1) is 13.8 Å². The number of hydrogen-bond donors (Lipinski definition) is 1. The molecule has 0 aliphatic carbocycles. The molecular formula is C29H32N4O2. The van der Waals surface area contributed by atoms with E-state index in [2.05, 4.69) is 18.3 Å². The zero-order chi connectivity index (χ0) is 25.1. The van der Waals surface area contributed by atoms with E-state index in [1.54, 1.807) is 22.6 Å². The van der Waals surface area contributed by atoms with Crippen molar-refractivity contribution in [3.05, 3.63) is 99.6 Å². The number of amides is 2. The number of nitrogens with zero attached hydrogens (tertiary/aromatic N) is 3. The number of aromatic nitrogens is 2. The Hall–Kier alpha value is -3.93. The van der Waals surface area contributed by atoms with Crippen molar-refractivity contribution in [1.29, 1.82) is 0 Å². The molecule has 1 N–H and O–H groups in total. The van der Waals surface area contributed by atoms with Gasteiger partial charge in [0.2, 0.25) is 0 Å². The molecule has 6 heteroatoms. The minimum atomic E-state index is -0.414. The van der Waals surface area contributed by atoms with Crippen molar-refractivity contribution in [1.82, 2.24) is 14.5 Å². The number of carbonyl (C=O) groups excluding carboxylic acids is 1. The second-order valence-electron chi connectivity index (χ2n) is 8.93. The van der Waals surface area contributed by atoms with Gasteiger partial charge in [-0.25, -0.2) is 9.78 Å². The maximum atomic E-state index is 13.8. The second-order valence-corrected chi connectivity index (χ2v) is 8.93. The summed E-state index contributed by atoms with van der Waals surface area (Å²) in [6, 6.07) is 20.5. The number of nitrogens with one attached hydrogen (secondary N) is 1. The normalized spacial score (nSPS) is 11.9. The van der Waals surface area contributed by atoms with Crippen LogP contribution < -0.4 is 10.9 Å². The fourth-order valence-corrected chi connectivity index (χ4v) is 4.47. The average molecular weight is 469 g/mol. The number of benzene rings is 3. The molecule has 0 saturated heterocycles. The standard InChI is InChI=1S/C29H32N4O2/c1-6-21-13-15-22(16-14-21)30-29(35)32(5)25(7-2)27-31-24-11-9-8-10-23(24)28(34)33(27)26-17-12-19(3)18-20(26)4/h8-18,25H,6-7H2,1-5H3,(H,30,35). The van der Waals surface area contributed by atoms with Gasteiger partial charge in [0.1, 0.15) is 5.82 Å². The van der Waals surface area contributed by atoms with E-state index in [9.17, 15) is 9.59 Å². The summed E-state index contributed by atoms with van der Waals surface area (Å²) in [6.45, 7) is 8.11. The first-order valence-corrected chi connectivity index (χ1v) is 12.1. The molecule has 4 rings (SSSR count). The molecule has 4 aromatic rings. The number of carbonyl (C=O) groups is 1. The molecule has 0 radical (unpaired) electrons. The summed E-state index contributed by atoms with van der Waals surface area (Å²) in [5.41, 5.74) is 5.29. The van der Waals surface area contributed by atoms with Crippen LogP contribution in [0.2, 0.25) is 0 Å². The van der Waals surface area contributed by atoms with Crippen LogP contribution in [0.3, 0.4) is 0 Å². The van der Waals surface area contributed by atoms with Crippen LogP contribution in [0.1, 0.15) is 48.8 Å². The van der Waals surface area contributed by atoms with Crippen LogP contribution in [0.4, 0.5) is 10.5 Å². The van der Waals surface area contributed by atoms with Crippen LogP contribution in [0.15, 0.2) is 71.5 Å². The number of hydrogen-bond acceptors (Lipinski definition) is 3. The molecule has 0 spiro atoms. The average Bonchev–Trinajstić information content (AvgIpc) is 2.86. The second kappa shape index (κ2) is 10.1. The van der Waals surface area contributed by atoms with Crippen LogP contribution in [-0.4, -0.2) is 27.5 Å². The molecule has 0 fully saturated rings. The van der Waals surface area contributed by atoms with Gasteiger partial charge < -0.3 is 10.2 Å². The maximum Gasteiger partial charge on any atom is 0.322 e. The van der Waals surface area contributed by atoms with E-state index in [0.717, 1.165) is 28.9 Å². The Balaban J connectivity index is 1.81. The molecule has 0 bridgehead atoms. The molecule has 1 unspecified atom stereocenters. The number of urea groups is 1. The maximum absolute atomic E-state index is 13.8. The van der Waals surface area contributed by atoms with Crippen molar-refractivity contribution in [3.8, 4) is 5.69 Å². The molecule has 180 valence electrons. The molecule has 0 aliphatic heterocycles. The Morgan fingerprint density at radius 1 is 1.03 bits per heavy atom. The van der Waals surface area contributed by atoms with Gasteiger partial charge in [0.05, 0.1) is 22.6 Å². The topological polar surface area (TPSA) is 67.2 Å². The highest BCUT2D eigenvalue weighted by Crippen LogP contribution is 2.27. The molecule has 1 aromatic heterocycles. The summed E-state index contributed by atoms with van der Waals surface area (Å²) in [5, 5.41) is 3.53. The summed E-state index contributed by atoms with van der Waals surface area (Å²) >= 11 is 0. The van der Waals surface area contributed by atoms with Crippen LogP contribution in [-0.2, 0) is 6.42 Å². The summed E-state index contributed by atoms with van der Waals surface area (Å²) in [4.78, 5) is 33.6. The highest BCUT2D eigenvalue weighted by molar-refractivity contribution is 5.89. The fourth-order valence-electron chi connectivity index (χ4n) is 4.47. The smallest absolute Gasteiger partial charge is 0.317 e. The van der Waals surface area contributed by atoms with E-state index in [1.165, 1.54) is 5.56 Å². The predicted molar refractivity (Wildman–Crippen MR) is 142 cm³/mol. The van der Waals surface area contributed by atoms with Gasteiger partial charge in [-0.2, -0.15) is 0 Å². The molecule has 0 aliphatic rings. The first kappa shape index (κ1) is 24.2. The van der Waals surface area contributed by atoms with Crippen molar-refractivity contribution in [2.24, 2.45) is 0 Å². The van der Waals surface area contributed by atoms with Gasteiger partial charge in [0, 0.05) is 12.7 Å². The quantitative estimate of drug-likeness (QED) is 0.367. The predicted octanol–water partition coefficient (Wildman–Crippen LogP) is 6.18. The number of fused-ring (bicyclic) bond motifs is 1. The minimum Gasteiger partial charge on any atom is -0.317 e. The van der Waals surface area contributed by atoms with Gasteiger partial charge in [0.25, 0.3) is 5.56 Å². The van der Waals surface area contributed by atoms with Gasteiger partial charge in [0.15, 0.2) is 0 Å². The first-order chi connectivity index (χ1) is 16.8. The Bertz CT molecular complexity index is 1420. The SMILES string of the molecule is CCc1ccc(NC(=O)N(C)C(CC)c2nc3ccccc3c(=O)n2-c2ccc(C)cc2C)cc1.